The van der Waals surface area contributed by atoms with Gasteiger partial charge >= 0.3 is 0 Å². The monoisotopic (exact) mass is 482 g/mol. The fourth-order valence-corrected chi connectivity index (χ4v) is 8.40. The van der Waals surface area contributed by atoms with Crippen LogP contribution in [0.2, 0.25) is 0 Å². The molecule has 0 bridgehead atoms. The largest absolute Gasteiger partial charge is 0.469 e. The van der Waals surface area contributed by atoms with E-state index < -0.39 is 0 Å². The van der Waals surface area contributed by atoms with Crippen molar-refractivity contribution in [3.8, 4) is 0 Å². The molecular formula is C30H42O5. The van der Waals surface area contributed by atoms with E-state index in [9.17, 15) is 9.90 Å². The summed E-state index contributed by atoms with van der Waals surface area (Å²) in [6.45, 7) is 7.01. The second kappa shape index (κ2) is 9.89. The normalized spacial score (nSPS) is 47.5. The van der Waals surface area contributed by atoms with Crippen LogP contribution in [0.15, 0.2) is 49.0 Å². The maximum absolute atomic E-state index is 12.2. The van der Waals surface area contributed by atoms with Crippen LogP contribution in [-0.2, 0) is 19.0 Å². The van der Waals surface area contributed by atoms with Gasteiger partial charge in [-0.1, -0.05) is 32.9 Å². The minimum Gasteiger partial charge on any atom is -0.469 e. The molecule has 2 aliphatic heterocycles. The van der Waals surface area contributed by atoms with E-state index in [2.05, 4.69) is 20.8 Å². The van der Waals surface area contributed by atoms with Crippen molar-refractivity contribution < 1.29 is 24.1 Å². The topological polar surface area (TPSA) is 65.0 Å². The van der Waals surface area contributed by atoms with Gasteiger partial charge in [-0.15, -0.1) is 0 Å². The summed E-state index contributed by atoms with van der Waals surface area (Å²) in [5.41, 5.74) is 0.561. The first-order valence-electron chi connectivity index (χ1n) is 13.6. The average molecular weight is 483 g/mol. The minimum absolute atomic E-state index is 0.0733. The van der Waals surface area contributed by atoms with Crippen molar-refractivity contribution in [2.45, 2.75) is 90.8 Å². The fraction of sp³-hybridized carbons (Fsp3) is 0.700. The zero-order chi connectivity index (χ0) is 24.6. The van der Waals surface area contributed by atoms with E-state index in [1.807, 2.05) is 24.3 Å². The third-order valence-corrected chi connectivity index (χ3v) is 10.4. The van der Waals surface area contributed by atoms with E-state index in [0.29, 0.717) is 17.1 Å². The Kier molecular flexibility index (Phi) is 7.02. The molecule has 5 heteroatoms. The lowest BCUT2D eigenvalue weighted by Crippen LogP contribution is -2.55. The van der Waals surface area contributed by atoms with Crippen LogP contribution in [0.3, 0.4) is 0 Å². The molecule has 4 fully saturated rings. The minimum atomic E-state index is -0.355. The van der Waals surface area contributed by atoms with Crippen LogP contribution in [0, 0.1) is 40.4 Å². The smallest absolute Gasteiger partial charge is 0.222 e. The number of aliphatic hydroxyl groups is 1. The number of rotatable bonds is 2. The Morgan fingerprint density at radius 2 is 1.54 bits per heavy atom. The van der Waals surface area contributed by atoms with Crippen molar-refractivity contribution in [3.05, 3.63) is 49.0 Å². The van der Waals surface area contributed by atoms with E-state index in [4.69, 9.17) is 14.2 Å². The van der Waals surface area contributed by atoms with Gasteiger partial charge in [-0.05, 0) is 104 Å². The van der Waals surface area contributed by atoms with E-state index in [1.54, 1.807) is 24.7 Å². The highest BCUT2D eigenvalue weighted by Gasteiger charge is 2.60. The van der Waals surface area contributed by atoms with Crippen molar-refractivity contribution in [2.75, 3.05) is 0 Å². The van der Waals surface area contributed by atoms with Gasteiger partial charge in [0, 0.05) is 12.3 Å². The summed E-state index contributed by atoms with van der Waals surface area (Å²) in [5, 5.41) is 10.5. The number of aliphatic hydroxyl groups excluding tert-OH is 1. The Bertz CT molecular complexity index is 876. The molecule has 35 heavy (non-hydrogen) atoms. The molecule has 4 saturated carbocycles. The lowest BCUT2D eigenvalue weighted by molar-refractivity contribution is -0.172. The SMILES string of the molecule is C1=COC(OC2C=CC=CO2)C=C1.C[C@@H]1C[C@@]2(C)C(CC[C@H]3[C@@H]4CC[C@H](O)[C@@]4(C)CC[C@@H]32)CC1=O. The maximum atomic E-state index is 12.2. The summed E-state index contributed by atoms with van der Waals surface area (Å²) >= 11 is 0. The number of ether oxygens (including phenoxy) is 3. The summed E-state index contributed by atoms with van der Waals surface area (Å²) in [5.74, 6) is 3.74. The molecule has 0 aromatic carbocycles. The molecule has 192 valence electrons. The first kappa shape index (κ1) is 24.8. The van der Waals surface area contributed by atoms with Crippen LogP contribution in [0.1, 0.15) is 72.1 Å². The van der Waals surface area contributed by atoms with E-state index in [0.717, 1.165) is 37.0 Å². The Balaban J connectivity index is 0.000000166. The number of fused-ring (bicyclic) bond motifs is 5. The van der Waals surface area contributed by atoms with E-state index >= 15 is 0 Å². The van der Waals surface area contributed by atoms with E-state index in [-0.39, 0.29) is 30.0 Å². The molecule has 6 aliphatic rings. The van der Waals surface area contributed by atoms with Crippen molar-refractivity contribution >= 4 is 5.78 Å². The number of hydrogen-bond acceptors (Lipinski definition) is 5. The molecule has 0 saturated heterocycles. The summed E-state index contributed by atoms with van der Waals surface area (Å²) in [7, 11) is 0. The number of carbonyl (C=O) groups is 1. The molecular weight excluding hydrogens is 440 g/mol. The van der Waals surface area contributed by atoms with E-state index in [1.165, 1.54) is 32.1 Å². The first-order chi connectivity index (χ1) is 16.8. The molecule has 0 radical (unpaired) electrons. The second-order valence-corrected chi connectivity index (χ2v) is 12.1. The Hall–Kier alpha value is -1.85. The zero-order valence-corrected chi connectivity index (χ0v) is 21.5. The predicted octanol–water partition coefficient (Wildman–Crippen LogP) is 6.06. The molecule has 5 nitrogen and oxygen atoms in total. The fourth-order valence-electron chi connectivity index (χ4n) is 8.40. The molecule has 1 N–H and O–H groups in total. The molecule has 0 aromatic heterocycles. The lowest BCUT2D eigenvalue weighted by Gasteiger charge is -2.60. The third-order valence-electron chi connectivity index (χ3n) is 10.4. The molecule has 2 heterocycles. The predicted molar refractivity (Wildman–Crippen MR) is 135 cm³/mol. The van der Waals surface area contributed by atoms with Gasteiger partial charge in [0.05, 0.1) is 18.6 Å². The van der Waals surface area contributed by atoms with Gasteiger partial charge in [-0.25, -0.2) is 0 Å². The van der Waals surface area contributed by atoms with Crippen LogP contribution in [-0.4, -0.2) is 29.6 Å². The number of hydrogen-bond donors (Lipinski definition) is 1. The van der Waals surface area contributed by atoms with Gasteiger partial charge in [0.25, 0.3) is 0 Å². The Morgan fingerprint density at radius 1 is 0.886 bits per heavy atom. The van der Waals surface area contributed by atoms with Gasteiger partial charge < -0.3 is 14.6 Å². The van der Waals surface area contributed by atoms with Crippen LogP contribution in [0.4, 0.5) is 0 Å². The lowest BCUT2D eigenvalue weighted by atomic mass is 9.44. The molecule has 0 aromatic rings. The number of allylic oxidation sites excluding steroid dienone is 4. The highest BCUT2D eigenvalue weighted by atomic mass is 16.8. The second-order valence-electron chi connectivity index (χ2n) is 12.1. The van der Waals surface area contributed by atoms with Crippen LogP contribution in [0.5, 0.6) is 0 Å². The number of ketones is 1. The Morgan fingerprint density at radius 3 is 2.17 bits per heavy atom. The maximum Gasteiger partial charge on any atom is 0.222 e. The molecule has 4 aliphatic carbocycles. The third kappa shape index (κ3) is 4.67. The van der Waals surface area contributed by atoms with Gasteiger partial charge in [0.2, 0.25) is 12.6 Å². The number of Topliss-reactive ketones (excluding diaryl/α,β-unsaturated/α-hetero) is 1. The summed E-state index contributed by atoms with van der Waals surface area (Å²) in [4.78, 5) is 12.2. The van der Waals surface area contributed by atoms with Crippen molar-refractivity contribution in [3.63, 3.8) is 0 Å². The zero-order valence-electron chi connectivity index (χ0n) is 21.5. The molecule has 10 atom stereocenters. The van der Waals surface area contributed by atoms with Gasteiger partial charge in [-0.2, -0.15) is 0 Å². The standard InChI is InChI=1S/C20H32O2.C10H10O3/c1-12-11-20(3)13(10-17(12)21)4-5-14-15-6-7-18(22)19(15,2)9-8-16(14)20;1-3-7-11-9(5-1)13-10-6-2-4-8-12-10/h12-16,18,22H,4-11H2,1-3H3;1-10H/t12-,13?,14+,15+,16+,18+,19+,20+;/m1./s1. The summed E-state index contributed by atoms with van der Waals surface area (Å²) in [6.07, 6.45) is 22.6. The Labute approximate surface area is 210 Å². The van der Waals surface area contributed by atoms with Gasteiger partial charge in [-0.3, -0.25) is 9.53 Å². The summed E-state index contributed by atoms with van der Waals surface area (Å²) < 4.78 is 15.7. The highest BCUT2D eigenvalue weighted by molar-refractivity contribution is 5.82. The van der Waals surface area contributed by atoms with Gasteiger partial charge in [0.1, 0.15) is 5.78 Å². The van der Waals surface area contributed by atoms with Crippen LogP contribution in [0.25, 0.3) is 0 Å². The van der Waals surface area contributed by atoms with Crippen molar-refractivity contribution in [2.24, 2.45) is 40.4 Å². The molecule has 3 unspecified atom stereocenters. The summed E-state index contributed by atoms with van der Waals surface area (Å²) in [6, 6.07) is 0. The van der Waals surface area contributed by atoms with Crippen molar-refractivity contribution in [1.29, 1.82) is 0 Å². The highest BCUT2D eigenvalue weighted by Crippen LogP contribution is 2.66. The quantitative estimate of drug-likeness (QED) is 0.518. The molecule has 6 rings (SSSR count). The van der Waals surface area contributed by atoms with Crippen LogP contribution >= 0.6 is 0 Å². The number of carbonyl (C=O) groups excluding carboxylic acids is 1. The molecule has 0 spiro atoms. The van der Waals surface area contributed by atoms with Gasteiger partial charge in [0.15, 0.2) is 0 Å². The first-order valence-corrected chi connectivity index (χ1v) is 13.6. The average Bonchev–Trinajstić information content (AvgIpc) is 3.16. The van der Waals surface area contributed by atoms with Crippen LogP contribution < -0.4 is 0 Å². The van der Waals surface area contributed by atoms with Crippen molar-refractivity contribution in [1.82, 2.24) is 0 Å². The molecule has 0 amide bonds.